The molecule has 0 spiro atoms. The lowest BCUT2D eigenvalue weighted by Crippen LogP contribution is -2.00. The van der Waals surface area contributed by atoms with E-state index in [4.69, 9.17) is 14.5 Å². The maximum Gasteiger partial charge on any atom is 0.199 e. The molecule has 2 aromatic carbocycles. The monoisotopic (exact) mass is 468 g/mol. The summed E-state index contributed by atoms with van der Waals surface area (Å²) in [6.45, 7) is 1.80. The molecule has 6 rings (SSSR count). The molecule has 5 N–H and O–H groups in total. The molecule has 0 unspecified atom stereocenters. The minimum absolute atomic E-state index is 0.0285. The van der Waals surface area contributed by atoms with Gasteiger partial charge in [0.1, 0.15) is 17.7 Å². The van der Waals surface area contributed by atoms with Crippen LogP contribution in [0.1, 0.15) is 22.6 Å². The van der Waals surface area contributed by atoms with Crippen LogP contribution in [0.25, 0.3) is 21.8 Å². The highest BCUT2D eigenvalue weighted by atomic mass is 16.5. The number of aliphatic imine (C=N–C) groups is 1. The second kappa shape index (κ2) is 9.02. The Morgan fingerprint density at radius 3 is 2.31 bits per heavy atom. The summed E-state index contributed by atoms with van der Waals surface area (Å²) in [6.07, 6.45) is 2.97. The van der Waals surface area contributed by atoms with E-state index >= 15 is 0 Å². The Labute approximate surface area is 198 Å². The largest absolute Gasteiger partial charge is 0.494 e. The number of nitrogens with one attached hydrogen (secondary N) is 3. The first-order valence-electron chi connectivity index (χ1n) is 10.6. The quantitative estimate of drug-likeness (QED) is 0.224. The first kappa shape index (κ1) is 21.7. The molecule has 0 atom stereocenters. The standard InChI is InChI=1S/C13H11N3O2.C12H9N3O2/c1-8-6-12(16-18-8)14-7-10-9-4-2-3-5-11(9)15-13(10)17;13-11(9-5-6-17-15-9)10-7-3-1-2-4-8(7)14-12(10)16/h2-7,15,17H,1H3;1-6,13-14,16H. The van der Waals surface area contributed by atoms with E-state index in [2.05, 4.69) is 25.3 Å². The molecule has 0 aliphatic heterocycles. The van der Waals surface area contributed by atoms with Crippen molar-refractivity contribution in [2.75, 3.05) is 0 Å². The molecule has 4 aromatic heterocycles. The van der Waals surface area contributed by atoms with Gasteiger partial charge >= 0.3 is 0 Å². The lowest BCUT2D eigenvalue weighted by molar-refractivity contribution is 0.399. The van der Waals surface area contributed by atoms with Gasteiger partial charge in [-0.1, -0.05) is 46.7 Å². The predicted molar refractivity (Wildman–Crippen MR) is 131 cm³/mol. The molecule has 10 heteroatoms. The summed E-state index contributed by atoms with van der Waals surface area (Å²) in [6, 6.07) is 18.3. The van der Waals surface area contributed by atoms with Crippen molar-refractivity contribution in [1.29, 1.82) is 5.41 Å². The summed E-state index contributed by atoms with van der Waals surface area (Å²) in [5.41, 5.74) is 3.26. The van der Waals surface area contributed by atoms with Crippen molar-refractivity contribution in [1.82, 2.24) is 20.3 Å². The normalized spacial score (nSPS) is 11.2. The summed E-state index contributed by atoms with van der Waals surface area (Å²) in [5, 5.41) is 36.9. The van der Waals surface area contributed by atoms with E-state index in [0.29, 0.717) is 28.4 Å². The Kier molecular flexibility index (Phi) is 5.60. The predicted octanol–water partition coefficient (Wildman–Crippen LogP) is 5.20. The van der Waals surface area contributed by atoms with Crippen molar-refractivity contribution in [3.05, 3.63) is 89.5 Å². The zero-order chi connectivity index (χ0) is 24.4. The average Bonchev–Trinajstić information content (AvgIpc) is 3.64. The molecule has 0 aliphatic rings. The second-order valence-electron chi connectivity index (χ2n) is 7.64. The van der Waals surface area contributed by atoms with Crippen molar-refractivity contribution in [2.45, 2.75) is 6.92 Å². The Morgan fingerprint density at radius 2 is 1.63 bits per heavy atom. The first-order chi connectivity index (χ1) is 17.0. The Hall–Kier alpha value is -5.12. The van der Waals surface area contributed by atoms with Gasteiger partial charge in [-0.05, 0) is 19.1 Å². The maximum absolute atomic E-state index is 9.85. The summed E-state index contributed by atoms with van der Waals surface area (Å²) in [7, 11) is 0. The summed E-state index contributed by atoms with van der Waals surface area (Å²) in [5.74, 6) is 1.25. The van der Waals surface area contributed by atoms with Crippen LogP contribution < -0.4 is 0 Å². The topological polar surface area (TPSA) is 160 Å². The number of fused-ring (bicyclic) bond motifs is 2. The highest BCUT2D eigenvalue weighted by molar-refractivity contribution is 6.18. The van der Waals surface area contributed by atoms with Crippen molar-refractivity contribution >= 4 is 39.5 Å². The Bertz CT molecular complexity index is 1660. The number of para-hydroxylation sites is 2. The molecule has 0 saturated carbocycles. The highest BCUT2D eigenvalue weighted by Crippen LogP contribution is 2.29. The molecule has 0 aliphatic carbocycles. The molecular formula is C25H20N6O4. The van der Waals surface area contributed by atoms with Crippen LogP contribution in [-0.4, -0.2) is 42.4 Å². The third-order valence-electron chi connectivity index (χ3n) is 5.30. The minimum Gasteiger partial charge on any atom is -0.494 e. The number of benzene rings is 2. The van der Waals surface area contributed by atoms with Crippen molar-refractivity contribution in [2.24, 2.45) is 4.99 Å². The molecule has 35 heavy (non-hydrogen) atoms. The van der Waals surface area contributed by atoms with E-state index < -0.39 is 0 Å². The molecule has 174 valence electrons. The van der Waals surface area contributed by atoms with Gasteiger partial charge in [0.05, 0.1) is 16.8 Å². The number of hydrogen-bond acceptors (Lipinski definition) is 8. The third kappa shape index (κ3) is 4.27. The summed E-state index contributed by atoms with van der Waals surface area (Å²) >= 11 is 0. The van der Waals surface area contributed by atoms with Gasteiger partial charge in [-0.15, -0.1) is 0 Å². The van der Waals surface area contributed by atoms with Gasteiger partial charge in [0.2, 0.25) is 0 Å². The smallest absolute Gasteiger partial charge is 0.199 e. The fraction of sp³-hybridized carbons (Fsp3) is 0.0400. The molecular weight excluding hydrogens is 448 g/mol. The van der Waals surface area contributed by atoms with Crippen LogP contribution in [-0.2, 0) is 0 Å². The molecule has 0 saturated heterocycles. The van der Waals surface area contributed by atoms with E-state index in [1.54, 1.807) is 25.3 Å². The van der Waals surface area contributed by atoms with E-state index in [-0.39, 0.29) is 17.5 Å². The third-order valence-corrected chi connectivity index (χ3v) is 5.30. The number of H-pyrrole nitrogens is 2. The van der Waals surface area contributed by atoms with Crippen LogP contribution >= 0.6 is 0 Å². The Morgan fingerprint density at radius 1 is 0.943 bits per heavy atom. The van der Waals surface area contributed by atoms with Crippen molar-refractivity contribution in [3.63, 3.8) is 0 Å². The molecule has 0 bridgehead atoms. The van der Waals surface area contributed by atoms with Crippen LogP contribution in [0.5, 0.6) is 11.8 Å². The summed E-state index contributed by atoms with van der Waals surface area (Å²) in [4.78, 5) is 9.89. The number of hydrogen-bond donors (Lipinski definition) is 5. The Balaban J connectivity index is 0.000000145. The second-order valence-corrected chi connectivity index (χ2v) is 7.64. The number of rotatable bonds is 4. The van der Waals surface area contributed by atoms with Crippen molar-refractivity contribution in [3.8, 4) is 11.8 Å². The maximum atomic E-state index is 9.85. The minimum atomic E-state index is -0.0285. The molecule has 0 amide bonds. The SMILES string of the molecule is Cc1cc(N=Cc2c(O)[nH]c3ccccc23)no1.N=C(c1ccon1)c1c(O)[nH]c2ccccc12. The fourth-order valence-corrected chi connectivity index (χ4v) is 3.68. The van der Waals surface area contributed by atoms with Gasteiger partial charge in [-0.25, -0.2) is 4.99 Å². The van der Waals surface area contributed by atoms with Crippen LogP contribution in [0.15, 0.2) is 81.0 Å². The zero-order valence-electron chi connectivity index (χ0n) is 18.5. The van der Waals surface area contributed by atoms with Gasteiger partial charge in [-0.2, -0.15) is 0 Å². The van der Waals surface area contributed by atoms with Gasteiger partial charge in [0.25, 0.3) is 0 Å². The van der Waals surface area contributed by atoms with E-state index in [9.17, 15) is 10.2 Å². The van der Waals surface area contributed by atoms with Crippen molar-refractivity contribution < 1.29 is 19.3 Å². The van der Waals surface area contributed by atoms with Crippen LogP contribution in [0.4, 0.5) is 5.82 Å². The lowest BCUT2D eigenvalue weighted by atomic mass is 10.1. The van der Waals surface area contributed by atoms with Crippen LogP contribution in [0, 0.1) is 12.3 Å². The fourth-order valence-electron chi connectivity index (χ4n) is 3.68. The lowest BCUT2D eigenvalue weighted by Gasteiger charge is -1.98. The number of aromatic hydroxyl groups is 2. The van der Waals surface area contributed by atoms with E-state index in [1.807, 2.05) is 48.5 Å². The van der Waals surface area contributed by atoms with E-state index in [0.717, 1.165) is 21.8 Å². The van der Waals surface area contributed by atoms with E-state index in [1.165, 1.54) is 6.26 Å². The van der Waals surface area contributed by atoms with Crippen LogP contribution in [0.2, 0.25) is 0 Å². The number of aromatic amines is 2. The molecule has 4 heterocycles. The summed E-state index contributed by atoms with van der Waals surface area (Å²) < 4.78 is 9.62. The van der Waals surface area contributed by atoms with Gasteiger partial charge in [0.15, 0.2) is 17.6 Å². The molecule has 6 aromatic rings. The number of aryl methyl sites for hydroxylation is 1. The average molecular weight is 468 g/mol. The number of aromatic nitrogens is 4. The van der Waals surface area contributed by atoms with Gasteiger partial charge in [0, 0.05) is 40.2 Å². The van der Waals surface area contributed by atoms with Gasteiger partial charge in [-0.3, -0.25) is 5.41 Å². The van der Waals surface area contributed by atoms with Gasteiger partial charge < -0.3 is 29.2 Å². The van der Waals surface area contributed by atoms with Crippen LogP contribution in [0.3, 0.4) is 0 Å². The molecule has 0 fully saturated rings. The molecule has 10 nitrogen and oxygen atoms in total. The zero-order valence-corrected chi connectivity index (χ0v) is 18.5. The first-order valence-corrected chi connectivity index (χ1v) is 10.6. The molecule has 0 radical (unpaired) electrons. The highest BCUT2D eigenvalue weighted by Gasteiger charge is 2.18. The number of nitrogens with zero attached hydrogens (tertiary/aromatic N) is 3.